The second-order valence-corrected chi connectivity index (χ2v) is 5.24. The standard InChI is InChI=1S/C14H16O2/c1-9-5-6-10-8-12(14(2,3)4)16-13(15)11(10)7-9/h5-8H,1-4H3. The molecule has 1 heterocycles. The normalized spacial score (nSPS) is 12.0. The fourth-order valence-electron chi connectivity index (χ4n) is 1.67. The van der Waals surface area contributed by atoms with Crippen LogP contribution in [0.3, 0.4) is 0 Å². The van der Waals surface area contributed by atoms with Crippen LogP contribution >= 0.6 is 0 Å². The molecule has 0 unspecified atom stereocenters. The van der Waals surface area contributed by atoms with Crippen LogP contribution in [0.1, 0.15) is 32.1 Å². The molecule has 0 spiro atoms. The van der Waals surface area contributed by atoms with E-state index in [1.165, 1.54) is 0 Å². The topological polar surface area (TPSA) is 30.2 Å². The maximum absolute atomic E-state index is 11.8. The van der Waals surface area contributed by atoms with Crippen molar-refractivity contribution in [3.63, 3.8) is 0 Å². The Balaban J connectivity index is 2.79. The Hall–Kier alpha value is -1.57. The molecule has 0 saturated heterocycles. The number of fused-ring (bicyclic) bond motifs is 1. The van der Waals surface area contributed by atoms with E-state index >= 15 is 0 Å². The third kappa shape index (κ3) is 1.87. The van der Waals surface area contributed by atoms with Crippen molar-refractivity contribution in [1.29, 1.82) is 0 Å². The van der Waals surface area contributed by atoms with E-state index in [9.17, 15) is 4.79 Å². The summed E-state index contributed by atoms with van der Waals surface area (Å²) in [6, 6.07) is 7.80. The van der Waals surface area contributed by atoms with Gasteiger partial charge in [-0.3, -0.25) is 0 Å². The number of aryl methyl sites for hydroxylation is 1. The van der Waals surface area contributed by atoms with E-state index in [0.717, 1.165) is 16.7 Å². The molecule has 0 aliphatic carbocycles. The van der Waals surface area contributed by atoms with Gasteiger partial charge in [-0.2, -0.15) is 0 Å². The molecule has 2 nitrogen and oxygen atoms in total. The lowest BCUT2D eigenvalue weighted by atomic mass is 9.92. The van der Waals surface area contributed by atoms with Crippen molar-refractivity contribution in [2.75, 3.05) is 0 Å². The van der Waals surface area contributed by atoms with Gasteiger partial charge < -0.3 is 4.42 Å². The minimum atomic E-state index is -0.244. The summed E-state index contributed by atoms with van der Waals surface area (Å²) in [7, 11) is 0. The first-order chi connectivity index (χ1) is 7.38. The Morgan fingerprint density at radius 3 is 2.44 bits per heavy atom. The number of benzene rings is 1. The van der Waals surface area contributed by atoms with E-state index in [-0.39, 0.29) is 11.0 Å². The fourth-order valence-corrected chi connectivity index (χ4v) is 1.67. The summed E-state index contributed by atoms with van der Waals surface area (Å²) in [6.45, 7) is 8.07. The molecule has 1 aromatic heterocycles. The second-order valence-electron chi connectivity index (χ2n) is 5.24. The summed E-state index contributed by atoms with van der Waals surface area (Å²) >= 11 is 0. The smallest absolute Gasteiger partial charge is 0.343 e. The molecule has 0 aliphatic rings. The lowest BCUT2D eigenvalue weighted by Gasteiger charge is -2.16. The van der Waals surface area contributed by atoms with Gasteiger partial charge in [0.15, 0.2) is 0 Å². The molecule has 0 aliphatic heterocycles. The zero-order valence-electron chi connectivity index (χ0n) is 10.1. The highest BCUT2D eigenvalue weighted by Crippen LogP contribution is 2.24. The molecule has 0 fully saturated rings. The van der Waals surface area contributed by atoms with Crippen LogP contribution in [0.5, 0.6) is 0 Å². The van der Waals surface area contributed by atoms with Crippen molar-refractivity contribution in [2.45, 2.75) is 33.1 Å². The van der Waals surface area contributed by atoms with Gasteiger partial charge in [0.25, 0.3) is 0 Å². The van der Waals surface area contributed by atoms with Crippen LogP contribution in [0.25, 0.3) is 10.8 Å². The Morgan fingerprint density at radius 2 is 1.81 bits per heavy atom. The van der Waals surface area contributed by atoms with Gasteiger partial charge in [-0.1, -0.05) is 38.5 Å². The zero-order chi connectivity index (χ0) is 11.9. The third-order valence-electron chi connectivity index (χ3n) is 2.66. The monoisotopic (exact) mass is 216 g/mol. The van der Waals surface area contributed by atoms with Crippen molar-refractivity contribution < 1.29 is 4.42 Å². The largest absolute Gasteiger partial charge is 0.427 e. The van der Waals surface area contributed by atoms with Gasteiger partial charge >= 0.3 is 5.63 Å². The van der Waals surface area contributed by atoms with E-state index in [0.29, 0.717) is 5.39 Å². The Labute approximate surface area is 94.9 Å². The summed E-state index contributed by atoms with van der Waals surface area (Å²) in [5.41, 5.74) is 0.688. The van der Waals surface area contributed by atoms with Gasteiger partial charge in [0.2, 0.25) is 0 Å². The van der Waals surface area contributed by atoms with Gasteiger partial charge in [0, 0.05) is 5.41 Å². The molecule has 0 radical (unpaired) electrons. The van der Waals surface area contributed by atoms with Crippen molar-refractivity contribution in [3.05, 3.63) is 46.0 Å². The molecular weight excluding hydrogens is 200 g/mol. The predicted octanol–water partition coefficient (Wildman–Crippen LogP) is 3.40. The van der Waals surface area contributed by atoms with Crippen molar-refractivity contribution in [1.82, 2.24) is 0 Å². The van der Waals surface area contributed by atoms with Crippen molar-refractivity contribution in [2.24, 2.45) is 0 Å². The molecule has 2 rings (SSSR count). The second kappa shape index (κ2) is 3.48. The maximum atomic E-state index is 11.8. The zero-order valence-corrected chi connectivity index (χ0v) is 10.1. The van der Waals surface area contributed by atoms with Crippen molar-refractivity contribution >= 4 is 10.8 Å². The molecule has 16 heavy (non-hydrogen) atoms. The molecule has 84 valence electrons. The fraction of sp³-hybridized carbons (Fsp3) is 0.357. The molecule has 0 bridgehead atoms. The Bertz CT molecular complexity index is 586. The molecule has 0 atom stereocenters. The lowest BCUT2D eigenvalue weighted by Crippen LogP contribution is -2.14. The van der Waals surface area contributed by atoms with Gasteiger partial charge in [-0.05, 0) is 24.4 Å². The van der Waals surface area contributed by atoms with E-state index in [1.54, 1.807) is 0 Å². The van der Waals surface area contributed by atoms with Crippen LogP contribution in [0.4, 0.5) is 0 Å². The Morgan fingerprint density at radius 1 is 1.12 bits per heavy atom. The first-order valence-electron chi connectivity index (χ1n) is 5.43. The third-order valence-corrected chi connectivity index (χ3v) is 2.66. The number of rotatable bonds is 0. The highest BCUT2D eigenvalue weighted by Gasteiger charge is 2.18. The molecule has 2 heteroatoms. The van der Waals surface area contributed by atoms with E-state index in [2.05, 4.69) is 0 Å². The van der Waals surface area contributed by atoms with Crippen molar-refractivity contribution in [3.8, 4) is 0 Å². The van der Waals surface area contributed by atoms with Crippen LogP contribution in [0, 0.1) is 6.92 Å². The molecule has 1 aromatic carbocycles. The first kappa shape index (κ1) is 10.9. The van der Waals surface area contributed by atoms with Crippen LogP contribution in [-0.4, -0.2) is 0 Å². The predicted molar refractivity (Wildman–Crippen MR) is 65.9 cm³/mol. The molecule has 0 saturated carbocycles. The van der Waals surface area contributed by atoms with Crippen LogP contribution in [0.2, 0.25) is 0 Å². The van der Waals surface area contributed by atoms with E-state index < -0.39 is 0 Å². The quantitative estimate of drug-likeness (QED) is 0.675. The van der Waals surface area contributed by atoms with Crippen LogP contribution in [-0.2, 0) is 5.41 Å². The summed E-state index contributed by atoms with van der Waals surface area (Å²) in [6.07, 6.45) is 0. The van der Waals surface area contributed by atoms with Crippen LogP contribution < -0.4 is 5.63 Å². The molecular formula is C14H16O2. The van der Waals surface area contributed by atoms with E-state index in [1.807, 2.05) is 52.0 Å². The highest BCUT2D eigenvalue weighted by atomic mass is 16.4. The Kier molecular flexibility index (Phi) is 2.38. The highest BCUT2D eigenvalue weighted by molar-refractivity contribution is 5.82. The van der Waals surface area contributed by atoms with Gasteiger partial charge in [0.05, 0.1) is 5.39 Å². The SMILES string of the molecule is Cc1ccc2cc(C(C)(C)C)oc(=O)c2c1. The van der Waals surface area contributed by atoms with Gasteiger partial charge in [-0.15, -0.1) is 0 Å². The summed E-state index contributed by atoms with van der Waals surface area (Å²) in [5.74, 6) is 0.730. The molecule has 0 N–H and O–H groups in total. The average molecular weight is 216 g/mol. The average Bonchev–Trinajstić information content (AvgIpc) is 2.17. The lowest BCUT2D eigenvalue weighted by molar-refractivity contribution is 0.382. The first-order valence-corrected chi connectivity index (χ1v) is 5.43. The maximum Gasteiger partial charge on any atom is 0.343 e. The minimum Gasteiger partial charge on any atom is -0.427 e. The van der Waals surface area contributed by atoms with Gasteiger partial charge in [0.1, 0.15) is 5.76 Å². The van der Waals surface area contributed by atoms with E-state index in [4.69, 9.17) is 4.42 Å². The molecule has 2 aromatic rings. The summed E-state index contributed by atoms with van der Waals surface area (Å²) in [4.78, 5) is 11.8. The summed E-state index contributed by atoms with van der Waals surface area (Å²) in [5, 5.41) is 1.61. The molecule has 0 amide bonds. The number of hydrogen-bond donors (Lipinski definition) is 0. The minimum absolute atomic E-state index is 0.141. The summed E-state index contributed by atoms with van der Waals surface area (Å²) < 4.78 is 5.35. The van der Waals surface area contributed by atoms with Gasteiger partial charge in [-0.25, -0.2) is 4.79 Å². The van der Waals surface area contributed by atoms with Crippen LogP contribution in [0.15, 0.2) is 33.5 Å². The number of hydrogen-bond acceptors (Lipinski definition) is 2.